The molecule has 1 fully saturated rings. The second-order valence-corrected chi connectivity index (χ2v) is 7.26. The molecule has 7 heteroatoms. The van der Waals surface area contributed by atoms with Gasteiger partial charge in [-0.2, -0.15) is 4.31 Å². The first-order chi connectivity index (χ1) is 9.29. The third-order valence-electron chi connectivity index (χ3n) is 3.40. The minimum Gasteiger partial charge on any atom is -0.369 e. The molecule has 0 saturated carbocycles. The first kappa shape index (κ1) is 15.3. The molecule has 0 unspecified atom stereocenters. The summed E-state index contributed by atoms with van der Waals surface area (Å²) in [7, 11) is -3.12. The van der Waals surface area contributed by atoms with Gasteiger partial charge in [0.25, 0.3) is 0 Å². The molecule has 0 atom stereocenters. The van der Waals surface area contributed by atoms with Gasteiger partial charge in [-0.25, -0.2) is 8.42 Å². The van der Waals surface area contributed by atoms with E-state index in [0.717, 1.165) is 5.69 Å². The predicted octanol–water partition coefficient (Wildman–Crippen LogP) is 1.62. The summed E-state index contributed by atoms with van der Waals surface area (Å²) in [5, 5.41) is 0.431. The Morgan fingerprint density at radius 2 is 1.80 bits per heavy atom. The maximum atomic E-state index is 11.5. The highest BCUT2D eigenvalue weighted by Crippen LogP contribution is 2.25. The first-order valence-electron chi connectivity index (χ1n) is 6.29. The monoisotopic (exact) mass is 316 g/mol. The fourth-order valence-electron chi connectivity index (χ4n) is 2.26. The van der Waals surface area contributed by atoms with Crippen molar-refractivity contribution in [2.75, 3.05) is 37.3 Å². The molecule has 1 heterocycles. The van der Waals surface area contributed by atoms with E-state index in [-0.39, 0.29) is 5.78 Å². The Hall–Kier alpha value is -1.11. The van der Waals surface area contributed by atoms with Crippen LogP contribution in [0.25, 0.3) is 0 Å². The van der Waals surface area contributed by atoms with Crippen molar-refractivity contribution in [1.82, 2.24) is 4.31 Å². The summed E-state index contributed by atoms with van der Waals surface area (Å²) in [6.07, 6.45) is 1.22. The molecule has 0 aliphatic carbocycles. The molecule has 0 spiro atoms. The third kappa shape index (κ3) is 3.31. The molecule has 1 aliphatic rings. The number of sulfonamides is 1. The van der Waals surface area contributed by atoms with Gasteiger partial charge in [-0.1, -0.05) is 11.6 Å². The number of nitrogens with zero attached hydrogens (tertiary/aromatic N) is 2. The van der Waals surface area contributed by atoms with Gasteiger partial charge < -0.3 is 4.90 Å². The summed E-state index contributed by atoms with van der Waals surface area (Å²) in [6.45, 7) is 3.63. The van der Waals surface area contributed by atoms with Crippen LogP contribution in [0.5, 0.6) is 0 Å². The molecule has 0 N–H and O–H groups in total. The third-order valence-corrected chi connectivity index (χ3v) is 5.02. The molecule has 1 aromatic rings. The van der Waals surface area contributed by atoms with E-state index in [0.29, 0.717) is 36.8 Å². The summed E-state index contributed by atoms with van der Waals surface area (Å²) in [4.78, 5) is 13.4. The lowest BCUT2D eigenvalue weighted by molar-refractivity contribution is 0.101. The van der Waals surface area contributed by atoms with Crippen molar-refractivity contribution >= 4 is 33.1 Å². The Morgan fingerprint density at radius 3 is 2.25 bits per heavy atom. The van der Waals surface area contributed by atoms with Crippen LogP contribution in [0, 0.1) is 0 Å². The van der Waals surface area contributed by atoms with Gasteiger partial charge in [-0.3, -0.25) is 4.79 Å². The van der Waals surface area contributed by atoms with Crippen molar-refractivity contribution in [3.05, 3.63) is 28.8 Å². The van der Waals surface area contributed by atoms with Crippen molar-refractivity contribution in [3.8, 4) is 0 Å². The van der Waals surface area contributed by atoms with Gasteiger partial charge >= 0.3 is 0 Å². The van der Waals surface area contributed by atoms with Gasteiger partial charge in [-0.05, 0) is 25.1 Å². The van der Waals surface area contributed by atoms with E-state index < -0.39 is 10.0 Å². The lowest BCUT2D eigenvalue weighted by atomic mass is 10.1. The second kappa shape index (κ2) is 5.71. The molecule has 0 radical (unpaired) electrons. The molecule has 0 bridgehead atoms. The zero-order chi connectivity index (χ0) is 14.9. The molecular formula is C13H17ClN2O3S. The van der Waals surface area contributed by atoms with Gasteiger partial charge in [0.15, 0.2) is 5.78 Å². The number of hydrogen-bond donors (Lipinski definition) is 0. The predicted molar refractivity (Wildman–Crippen MR) is 80.1 cm³/mol. The fourth-order valence-corrected chi connectivity index (χ4v) is 3.40. The second-order valence-electron chi connectivity index (χ2n) is 4.87. The zero-order valence-corrected chi connectivity index (χ0v) is 13.0. The normalized spacial score (nSPS) is 17.2. The van der Waals surface area contributed by atoms with Gasteiger partial charge in [-0.15, -0.1) is 0 Å². The standard InChI is InChI=1S/C13H17ClN2O3S/c1-10(17)12-4-3-11(9-13(12)14)15-5-7-16(8-6-15)20(2,18)19/h3-4,9H,5-8H2,1-2H3. The summed E-state index contributed by atoms with van der Waals surface area (Å²) in [6, 6.07) is 5.32. The minimum absolute atomic E-state index is 0.0663. The lowest BCUT2D eigenvalue weighted by Crippen LogP contribution is -2.48. The van der Waals surface area contributed by atoms with Crippen molar-refractivity contribution in [2.24, 2.45) is 0 Å². The first-order valence-corrected chi connectivity index (χ1v) is 8.52. The maximum Gasteiger partial charge on any atom is 0.211 e. The van der Waals surface area contributed by atoms with Gasteiger partial charge in [0, 0.05) is 37.4 Å². The van der Waals surface area contributed by atoms with Crippen LogP contribution >= 0.6 is 11.6 Å². The number of Topliss-reactive ketones (excluding diaryl/α,β-unsaturated/α-hetero) is 1. The van der Waals surface area contributed by atoms with Crippen LogP contribution in [0.15, 0.2) is 18.2 Å². The number of piperazine rings is 1. The van der Waals surface area contributed by atoms with Crippen LogP contribution in [0.2, 0.25) is 5.02 Å². The number of halogens is 1. The topological polar surface area (TPSA) is 57.7 Å². The van der Waals surface area contributed by atoms with Crippen molar-refractivity contribution in [1.29, 1.82) is 0 Å². The number of rotatable bonds is 3. The SMILES string of the molecule is CC(=O)c1ccc(N2CCN(S(C)(=O)=O)CC2)cc1Cl. The lowest BCUT2D eigenvalue weighted by Gasteiger charge is -2.34. The fraction of sp³-hybridized carbons (Fsp3) is 0.462. The summed E-state index contributed by atoms with van der Waals surface area (Å²) < 4.78 is 24.4. The highest BCUT2D eigenvalue weighted by molar-refractivity contribution is 7.88. The molecule has 1 aromatic carbocycles. The molecule has 5 nitrogen and oxygen atoms in total. The van der Waals surface area contributed by atoms with E-state index in [2.05, 4.69) is 4.90 Å². The zero-order valence-electron chi connectivity index (χ0n) is 11.5. The van der Waals surface area contributed by atoms with Crippen LogP contribution < -0.4 is 4.90 Å². The summed E-state index contributed by atoms with van der Waals surface area (Å²) in [5.74, 6) is -0.0663. The van der Waals surface area contributed by atoms with Crippen LogP contribution in [0.4, 0.5) is 5.69 Å². The average Bonchev–Trinajstić information content (AvgIpc) is 2.37. The molecule has 1 aliphatic heterocycles. The van der Waals surface area contributed by atoms with Crippen LogP contribution in [0.1, 0.15) is 17.3 Å². The molecule has 110 valence electrons. The van der Waals surface area contributed by atoms with Crippen LogP contribution in [0.3, 0.4) is 0 Å². The van der Waals surface area contributed by atoms with E-state index >= 15 is 0 Å². The number of carbonyl (C=O) groups excluding carboxylic acids is 1. The van der Waals surface area contributed by atoms with E-state index in [1.807, 2.05) is 6.07 Å². The molecular weight excluding hydrogens is 300 g/mol. The van der Waals surface area contributed by atoms with E-state index in [4.69, 9.17) is 11.6 Å². The largest absolute Gasteiger partial charge is 0.369 e. The number of carbonyl (C=O) groups is 1. The van der Waals surface area contributed by atoms with Gasteiger partial charge in [0.05, 0.1) is 11.3 Å². The number of anilines is 1. The Kier molecular flexibility index (Phi) is 4.36. The van der Waals surface area contributed by atoms with Crippen LogP contribution in [-0.4, -0.2) is 50.9 Å². The molecule has 1 saturated heterocycles. The summed E-state index contributed by atoms with van der Waals surface area (Å²) >= 11 is 6.09. The quantitative estimate of drug-likeness (QED) is 0.795. The minimum atomic E-state index is -3.12. The van der Waals surface area contributed by atoms with Crippen molar-refractivity contribution in [3.63, 3.8) is 0 Å². The molecule has 0 amide bonds. The Morgan fingerprint density at radius 1 is 1.20 bits per heavy atom. The molecule has 2 rings (SSSR count). The van der Waals surface area contributed by atoms with Crippen molar-refractivity contribution < 1.29 is 13.2 Å². The smallest absolute Gasteiger partial charge is 0.211 e. The van der Waals surface area contributed by atoms with E-state index in [9.17, 15) is 13.2 Å². The molecule has 0 aromatic heterocycles. The Balaban J connectivity index is 2.11. The number of hydrogen-bond acceptors (Lipinski definition) is 4. The van der Waals surface area contributed by atoms with Crippen LogP contribution in [-0.2, 0) is 10.0 Å². The average molecular weight is 317 g/mol. The maximum absolute atomic E-state index is 11.5. The number of benzene rings is 1. The molecule has 20 heavy (non-hydrogen) atoms. The highest BCUT2D eigenvalue weighted by Gasteiger charge is 2.23. The summed E-state index contributed by atoms with van der Waals surface area (Å²) in [5.41, 5.74) is 1.42. The van der Waals surface area contributed by atoms with Gasteiger partial charge in [0.1, 0.15) is 0 Å². The van der Waals surface area contributed by atoms with Crippen molar-refractivity contribution in [2.45, 2.75) is 6.92 Å². The van der Waals surface area contributed by atoms with Gasteiger partial charge in [0.2, 0.25) is 10.0 Å². The number of ketones is 1. The Bertz CT molecular complexity index is 623. The van der Waals surface area contributed by atoms with E-state index in [1.54, 1.807) is 12.1 Å². The Labute approximate surface area is 124 Å². The highest BCUT2D eigenvalue weighted by atomic mass is 35.5. The van der Waals surface area contributed by atoms with E-state index in [1.165, 1.54) is 17.5 Å².